The number of aliphatic carboxylic acids is 1. The number of carbonyl (C=O) groups is 1. The summed E-state index contributed by atoms with van der Waals surface area (Å²) in [5.74, 6) is -0.798. The van der Waals surface area contributed by atoms with Crippen molar-refractivity contribution in [3.63, 3.8) is 0 Å². The molecule has 0 radical (unpaired) electrons. The average molecular weight is 335 g/mol. The van der Waals surface area contributed by atoms with Gasteiger partial charge in [0, 0.05) is 16.0 Å². The van der Waals surface area contributed by atoms with Gasteiger partial charge in [-0.15, -0.1) is 0 Å². The zero-order valence-corrected chi connectivity index (χ0v) is 12.6. The molecule has 1 rings (SSSR count). The maximum Gasteiger partial charge on any atom is 0.320 e. The molecule has 0 saturated carbocycles. The fourth-order valence-corrected chi connectivity index (χ4v) is 2.44. The minimum atomic E-state index is -0.798. The summed E-state index contributed by atoms with van der Waals surface area (Å²) in [5.41, 5.74) is 1.00. The molecule has 0 aromatic heterocycles. The number of nitrogens with one attached hydrogen (secondary N) is 1. The lowest BCUT2D eigenvalue weighted by Crippen LogP contribution is -2.36. The second-order valence-electron chi connectivity index (χ2n) is 4.15. The Bertz CT molecular complexity index is 412. The zero-order chi connectivity index (χ0) is 13.5. The third-order valence-electron chi connectivity index (χ3n) is 2.70. The monoisotopic (exact) mass is 333 g/mol. The van der Waals surface area contributed by atoms with Crippen LogP contribution in [0.5, 0.6) is 0 Å². The fraction of sp³-hybridized carbons (Fsp3) is 0.462. The summed E-state index contributed by atoms with van der Waals surface area (Å²) in [6.45, 7) is 2.56. The number of unbranched alkanes of at least 4 members (excludes halogenated alkanes) is 1. The van der Waals surface area contributed by atoms with Gasteiger partial charge in [0.2, 0.25) is 0 Å². The molecule has 0 aliphatic rings. The van der Waals surface area contributed by atoms with Crippen LogP contribution in [0, 0.1) is 0 Å². The summed E-state index contributed by atoms with van der Waals surface area (Å²) in [6.07, 6.45) is 2.55. The van der Waals surface area contributed by atoms with Crippen LogP contribution in [-0.2, 0) is 11.3 Å². The number of hydrogen-bond donors (Lipinski definition) is 2. The van der Waals surface area contributed by atoms with E-state index < -0.39 is 12.0 Å². The van der Waals surface area contributed by atoms with Crippen molar-refractivity contribution in [2.45, 2.75) is 38.8 Å². The largest absolute Gasteiger partial charge is 0.480 e. The van der Waals surface area contributed by atoms with Gasteiger partial charge in [-0.25, -0.2) is 0 Å². The topological polar surface area (TPSA) is 49.3 Å². The minimum absolute atomic E-state index is 0.493. The number of carboxylic acids is 1. The molecule has 3 nitrogen and oxygen atoms in total. The van der Waals surface area contributed by atoms with Crippen molar-refractivity contribution in [3.8, 4) is 0 Å². The Labute approximate surface area is 121 Å². The highest BCUT2D eigenvalue weighted by Crippen LogP contribution is 2.21. The molecular weight excluding hydrogens is 318 g/mol. The molecule has 2 N–H and O–H groups in total. The normalized spacial score (nSPS) is 12.4. The Morgan fingerprint density at radius 1 is 1.56 bits per heavy atom. The second kappa shape index (κ2) is 7.77. The van der Waals surface area contributed by atoms with E-state index in [9.17, 15) is 4.79 Å². The van der Waals surface area contributed by atoms with Gasteiger partial charge in [-0.2, -0.15) is 0 Å². The summed E-state index contributed by atoms with van der Waals surface area (Å²) in [6, 6.07) is 5.00. The predicted octanol–water partition coefficient (Wildman–Crippen LogP) is 3.84. The van der Waals surface area contributed by atoms with Crippen molar-refractivity contribution < 1.29 is 9.90 Å². The van der Waals surface area contributed by atoms with E-state index in [4.69, 9.17) is 16.7 Å². The molecule has 0 aliphatic carbocycles. The van der Waals surface area contributed by atoms with E-state index in [1.807, 2.05) is 6.07 Å². The third kappa shape index (κ3) is 4.96. The maximum atomic E-state index is 11.1. The molecule has 1 aromatic carbocycles. The molecule has 0 bridgehead atoms. The summed E-state index contributed by atoms with van der Waals surface area (Å²) >= 11 is 9.27. The van der Waals surface area contributed by atoms with Gasteiger partial charge in [-0.05, 0) is 24.1 Å². The van der Waals surface area contributed by atoms with Crippen LogP contribution in [0.2, 0.25) is 5.02 Å². The van der Waals surface area contributed by atoms with Crippen LogP contribution in [0.15, 0.2) is 22.7 Å². The van der Waals surface area contributed by atoms with E-state index in [1.165, 1.54) is 0 Å². The summed E-state index contributed by atoms with van der Waals surface area (Å²) in [7, 11) is 0. The molecule has 0 spiro atoms. The van der Waals surface area contributed by atoms with E-state index in [0.717, 1.165) is 22.9 Å². The highest BCUT2D eigenvalue weighted by atomic mass is 79.9. The summed E-state index contributed by atoms with van der Waals surface area (Å²) in [4.78, 5) is 11.1. The van der Waals surface area contributed by atoms with E-state index in [2.05, 4.69) is 28.2 Å². The van der Waals surface area contributed by atoms with E-state index in [0.29, 0.717) is 18.0 Å². The lowest BCUT2D eigenvalue weighted by Gasteiger charge is -2.14. The van der Waals surface area contributed by atoms with Crippen molar-refractivity contribution in [1.82, 2.24) is 5.32 Å². The Kier molecular flexibility index (Phi) is 6.68. The highest BCUT2D eigenvalue weighted by molar-refractivity contribution is 9.10. The van der Waals surface area contributed by atoms with Crippen LogP contribution >= 0.6 is 27.5 Å². The first kappa shape index (κ1) is 15.5. The van der Waals surface area contributed by atoms with Gasteiger partial charge >= 0.3 is 5.97 Å². The number of carboxylic acid groups (broad SMARTS) is 1. The standard InChI is InChI=1S/C13H17BrClNO2/c1-2-3-4-12(13(17)18)16-8-9-5-6-10(15)7-11(9)14/h5-7,12,16H,2-4,8H2,1H3,(H,17,18)/t12-/m0/s1. The average Bonchev–Trinajstić information content (AvgIpc) is 2.31. The van der Waals surface area contributed by atoms with E-state index >= 15 is 0 Å². The molecular formula is C13H17BrClNO2. The number of benzene rings is 1. The smallest absolute Gasteiger partial charge is 0.320 e. The first-order chi connectivity index (χ1) is 8.54. The van der Waals surface area contributed by atoms with Gasteiger partial charge in [-0.3, -0.25) is 4.79 Å². The van der Waals surface area contributed by atoms with Crippen LogP contribution in [0.3, 0.4) is 0 Å². The molecule has 0 unspecified atom stereocenters. The first-order valence-corrected chi connectivity index (χ1v) is 7.11. The Hall–Kier alpha value is -0.580. The van der Waals surface area contributed by atoms with Crippen molar-refractivity contribution in [2.75, 3.05) is 0 Å². The molecule has 0 aliphatic heterocycles. The van der Waals surface area contributed by atoms with Crippen LogP contribution in [0.4, 0.5) is 0 Å². The van der Waals surface area contributed by atoms with Gasteiger partial charge < -0.3 is 10.4 Å². The summed E-state index contributed by atoms with van der Waals surface area (Å²) < 4.78 is 0.891. The van der Waals surface area contributed by atoms with Gasteiger partial charge in [-0.1, -0.05) is 53.4 Å². The molecule has 1 aromatic rings. The summed E-state index contributed by atoms with van der Waals surface area (Å²) in [5, 5.41) is 12.8. The fourth-order valence-electron chi connectivity index (χ4n) is 1.62. The Morgan fingerprint density at radius 2 is 2.28 bits per heavy atom. The molecule has 0 amide bonds. The van der Waals surface area contributed by atoms with Crippen molar-refractivity contribution in [3.05, 3.63) is 33.3 Å². The first-order valence-electron chi connectivity index (χ1n) is 5.94. The van der Waals surface area contributed by atoms with Gasteiger partial charge in [0.1, 0.15) is 6.04 Å². The van der Waals surface area contributed by atoms with Crippen LogP contribution in [-0.4, -0.2) is 17.1 Å². The lowest BCUT2D eigenvalue weighted by molar-refractivity contribution is -0.139. The molecule has 0 fully saturated rings. The quantitative estimate of drug-likeness (QED) is 0.796. The number of halogens is 2. The number of rotatable bonds is 7. The van der Waals surface area contributed by atoms with Gasteiger partial charge in [0.25, 0.3) is 0 Å². The number of hydrogen-bond acceptors (Lipinski definition) is 2. The molecule has 18 heavy (non-hydrogen) atoms. The van der Waals surface area contributed by atoms with E-state index in [1.54, 1.807) is 12.1 Å². The molecule has 5 heteroatoms. The Balaban J connectivity index is 2.58. The van der Waals surface area contributed by atoms with Crippen molar-refractivity contribution >= 4 is 33.5 Å². The molecule has 100 valence electrons. The second-order valence-corrected chi connectivity index (χ2v) is 5.44. The van der Waals surface area contributed by atoms with E-state index in [-0.39, 0.29) is 0 Å². The van der Waals surface area contributed by atoms with Crippen LogP contribution in [0.25, 0.3) is 0 Å². The SMILES string of the molecule is CCCC[C@H](NCc1ccc(Cl)cc1Br)C(=O)O. The minimum Gasteiger partial charge on any atom is -0.480 e. The Morgan fingerprint density at radius 3 is 2.83 bits per heavy atom. The third-order valence-corrected chi connectivity index (χ3v) is 3.67. The van der Waals surface area contributed by atoms with Crippen LogP contribution < -0.4 is 5.32 Å². The van der Waals surface area contributed by atoms with Crippen LogP contribution in [0.1, 0.15) is 31.7 Å². The zero-order valence-electron chi connectivity index (χ0n) is 10.2. The molecule has 0 heterocycles. The highest BCUT2D eigenvalue weighted by Gasteiger charge is 2.16. The molecule has 0 saturated heterocycles. The lowest BCUT2D eigenvalue weighted by atomic mass is 10.1. The molecule has 1 atom stereocenters. The maximum absolute atomic E-state index is 11.1. The predicted molar refractivity (Wildman–Crippen MR) is 76.9 cm³/mol. The van der Waals surface area contributed by atoms with Crippen molar-refractivity contribution in [2.24, 2.45) is 0 Å². The van der Waals surface area contributed by atoms with Gasteiger partial charge in [0.05, 0.1) is 0 Å². The van der Waals surface area contributed by atoms with Gasteiger partial charge in [0.15, 0.2) is 0 Å². The van der Waals surface area contributed by atoms with Crippen molar-refractivity contribution in [1.29, 1.82) is 0 Å².